The molecule has 4 N–H and O–H groups in total. The van der Waals surface area contributed by atoms with E-state index in [-0.39, 0.29) is 24.0 Å². The van der Waals surface area contributed by atoms with Gasteiger partial charge in [-0.15, -0.1) is 12.4 Å². The highest BCUT2D eigenvalue weighted by Gasteiger charge is 2.21. The van der Waals surface area contributed by atoms with Crippen LogP contribution in [0.15, 0.2) is 29.1 Å². The van der Waals surface area contributed by atoms with Gasteiger partial charge < -0.3 is 15.6 Å². The van der Waals surface area contributed by atoms with Crippen molar-refractivity contribution in [3.8, 4) is 0 Å². The van der Waals surface area contributed by atoms with Crippen molar-refractivity contribution in [2.24, 2.45) is 0 Å². The molecular weight excluding hydrogens is 344 g/mol. The molecule has 8 nitrogen and oxygen atoms in total. The summed E-state index contributed by atoms with van der Waals surface area (Å²) in [6, 6.07) is 7.49. The zero-order valence-electron chi connectivity index (χ0n) is 13.5. The molecule has 0 atom stereocenters. The molecule has 9 heteroatoms. The summed E-state index contributed by atoms with van der Waals surface area (Å²) in [5.41, 5.74) is 3.84. The first-order chi connectivity index (χ1) is 11.7. The molecule has 0 spiro atoms. The predicted octanol–water partition coefficient (Wildman–Crippen LogP) is 0.550. The second kappa shape index (κ2) is 7.12. The molecule has 0 radical (unpaired) electrons. The van der Waals surface area contributed by atoms with E-state index in [1.54, 1.807) is 4.57 Å². The molecule has 25 heavy (non-hydrogen) atoms. The Labute approximate surface area is 149 Å². The van der Waals surface area contributed by atoms with E-state index in [9.17, 15) is 9.59 Å². The molecule has 0 saturated heterocycles. The Morgan fingerprint density at radius 2 is 2.16 bits per heavy atom. The number of carbonyl (C=O) groups excluding carboxylic acids is 1. The van der Waals surface area contributed by atoms with E-state index in [0.29, 0.717) is 25.3 Å². The van der Waals surface area contributed by atoms with Gasteiger partial charge in [-0.2, -0.15) is 5.10 Å². The van der Waals surface area contributed by atoms with E-state index in [0.717, 1.165) is 35.3 Å². The minimum Gasteiger partial charge on any atom is -0.349 e. The van der Waals surface area contributed by atoms with E-state index >= 15 is 0 Å². The number of H-pyrrole nitrogens is 2. The molecule has 0 aliphatic carbocycles. The third-order valence-electron chi connectivity index (χ3n) is 4.32. The number of nitrogens with one attached hydrogen (secondary N) is 4. The number of hydrogen-bond donors (Lipinski definition) is 4. The Morgan fingerprint density at radius 3 is 3.04 bits per heavy atom. The second-order valence-electron chi connectivity index (χ2n) is 5.81. The van der Waals surface area contributed by atoms with Crippen molar-refractivity contribution in [2.45, 2.75) is 19.5 Å². The van der Waals surface area contributed by atoms with Gasteiger partial charge in [-0.05, 0) is 12.1 Å². The quantitative estimate of drug-likeness (QED) is 0.543. The summed E-state index contributed by atoms with van der Waals surface area (Å²) < 4.78 is 1.62. The molecule has 132 valence electrons. The van der Waals surface area contributed by atoms with Crippen LogP contribution < -0.4 is 16.3 Å². The van der Waals surface area contributed by atoms with Gasteiger partial charge in [0.05, 0.1) is 11.0 Å². The van der Waals surface area contributed by atoms with E-state index in [1.165, 1.54) is 0 Å². The molecule has 3 aromatic rings. The normalized spacial score (nSPS) is 13.3. The van der Waals surface area contributed by atoms with Crippen LogP contribution in [-0.2, 0) is 19.5 Å². The third-order valence-corrected chi connectivity index (χ3v) is 4.32. The molecule has 2 aromatic heterocycles. The highest BCUT2D eigenvalue weighted by Crippen LogP contribution is 2.15. The Balaban J connectivity index is 0.00000182. The Morgan fingerprint density at radius 1 is 1.32 bits per heavy atom. The van der Waals surface area contributed by atoms with Crippen LogP contribution in [0.3, 0.4) is 0 Å². The molecule has 1 aromatic carbocycles. The Kier molecular flexibility index (Phi) is 4.91. The van der Waals surface area contributed by atoms with E-state index in [1.807, 2.05) is 24.3 Å². The maximum absolute atomic E-state index is 12.3. The van der Waals surface area contributed by atoms with E-state index in [2.05, 4.69) is 25.8 Å². The monoisotopic (exact) mass is 362 g/mol. The van der Waals surface area contributed by atoms with Crippen LogP contribution in [0.5, 0.6) is 0 Å². The number of nitrogens with zero attached hydrogens (tertiary/aromatic N) is 2. The van der Waals surface area contributed by atoms with Crippen LogP contribution in [0.1, 0.15) is 21.7 Å². The van der Waals surface area contributed by atoms with Crippen molar-refractivity contribution < 1.29 is 4.79 Å². The lowest BCUT2D eigenvalue weighted by atomic mass is 10.1. The highest BCUT2D eigenvalue weighted by atomic mass is 35.5. The van der Waals surface area contributed by atoms with Gasteiger partial charge in [-0.3, -0.25) is 14.5 Å². The average Bonchev–Trinajstić information content (AvgIpc) is 3.16. The standard InChI is InChI=1S/C16H18N6O2.ClH/c23-15(14-10-9-17-6-5-11(10)20-21-14)18-7-8-22-13-4-2-1-3-12(13)19-16(22)24;/h1-4,17H,5-9H2,(H,18,23)(H,19,24)(H,20,21);1H. The number of rotatable bonds is 4. The third kappa shape index (κ3) is 3.18. The first-order valence-electron chi connectivity index (χ1n) is 7.96. The van der Waals surface area contributed by atoms with Crippen LogP contribution in [0, 0.1) is 0 Å². The van der Waals surface area contributed by atoms with Crippen LogP contribution in [0.4, 0.5) is 0 Å². The van der Waals surface area contributed by atoms with Gasteiger partial charge in [0.2, 0.25) is 0 Å². The van der Waals surface area contributed by atoms with Crippen LogP contribution in [0.2, 0.25) is 0 Å². The molecule has 1 amide bonds. The topological polar surface area (TPSA) is 108 Å². The number of para-hydroxylation sites is 2. The Hall–Kier alpha value is -2.58. The summed E-state index contributed by atoms with van der Waals surface area (Å²) >= 11 is 0. The molecule has 4 rings (SSSR count). The molecule has 1 aliphatic heterocycles. The molecule has 3 heterocycles. The maximum atomic E-state index is 12.3. The first kappa shape index (κ1) is 17.2. The summed E-state index contributed by atoms with van der Waals surface area (Å²) in [5, 5.41) is 13.1. The van der Waals surface area contributed by atoms with Crippen LogP contribution >= 0.6 is 12.4 Å². The van der Waals surface area contributed by atoms with Gasteiger partial charge in [-0.1, -0.05) is 12.1 Å². The SMILES string of the molecule is Cl.O=C(NCCn1c(=O)[nH]c2ccccc21)c1n[nH]c2c1CNCC2. The molecule has 0 saturated carbocycles. The fourth-order valence-corrected chi connectivity index (χ4v) is 3.11. The lowest BCUT2D eigenvalue weighted by Crippen LogP contribution is -2.32. The van der Waals surface area contributed by atoms with Crippen molar-refractivity contribution in [1.29, 1.82) is 0 Å². The van der Waals surface area contributed by atoms with Gasteiger partial charge in [0.15, 0.2) is 5.69 Å². The lowest BCUT2D eigenvalue weighted by Gasteiger charge is -2.12. The van der Waals surface area contributed by atoms with Gasteiger partial charge in [0.1, 0.15) is 0 Å². The van der Waals surface area contributed by atoms with E-state index < -0.39 is 0 Å². The van der Waals surface area contributed by atoms with Crippen molar-refractivity contribution in [3.63, 3.8) is 0 Å². The molecule has 1 aliphatic rings. The van der Waals surface area contributed by atoms with Crippen molar-refractivity contribution in [3.05, 3.63) is 51.7 Å². The Bertz CT molecular complexity index is 957. The first-order valence-corrected chi connectivity index (χ1v) is 7.96. The number of carbonyl (C=O) groups is 1. The number of aromatic nitrogens is 4. The smallest absolute Gasteiger partial charge is 0.326 e. The highest BCUT2D eigenvalue weighted by molar-refractivity contribution is 5.94. The zero-order chi connectivity index (χ0) is 16.5. The van der Waals surface area contributed by atoms with Crippen molar-refractivity contribution in [1.82, 2.24) is 30.4 Å². The maximum Gasteiger partial charge on any atom is 0.326 e. The molecular formula is C16H19ClN6O2. The largest absolute Gasteiger partial charge is 0.349 e. The summed E-state index contributed by atoms with van der Waals surface area (Å²) in [7, 11) is 0. The second-order valence-corrected chi connectivity index (χ2v) is 5.81. The summed E-state index contributed by atoms with van der Waals surface area (Å²) in [6.07, 6.45) is 0.848. The van der Waals surface area contributed by atoms with Crippen molar-refractivity contribution in [2.75, 3.05) is 13.1 Å². The number of benzene rings is 1. The van der Waals surface area contributed by atoms with Crippen LogP contribution in [-0.4, -0.2) is 38.7 Å². The number of aromatic amines is 2. The predicted molar refractivity (Wildman–Crippen MR) is 96.1 cm³/mol. The summed E-state index contributed by atoms with van der Waals surface area (Å²) in [4.78, 5) is 27.1. The fraction of sp³-hybridized carbons (Fsp3) is 0.312. The number of imidazole rings is 1. The van der Waals surface area contributed by atoms with Gasteiger partial charge >= 0.3 is 5.69 Å². The van der Waals surface area contributed by atoms with Crippen molar-refractivity contribution >= 4 is 29.3 Å². The molecule has 0 bridgehead atoms. The number of amides is 1. The van der Waals surface area contributed by atoms with Gasteiger partial charge in [0, 0.05) is 43.9 Å². The zero-order valence-corrected chi connectivity index (χ0v) is 14.3. The number of halogens is 1. The van der Waals surface area contributed by atoms with Gasteiger partial charge in [0.25, 0.3) is 5.91 Å². The summed E-state index contributed by atoms with van der Waals surface area (Å²) in [5.74, 6) is -0.218. The lowest BCUT2D eigenvalue weighted by molar-refractivity contribution is 0.0946. The fourth-order valence-electron chi connectivity index (χ4n) is 3.11. The summed E-state index contributed by atoms with van der Waals surface area (Å²) in [6.45, 7) is 2.30. The van der Waals surface area contributed by atoms with Crippen LogP contribution in [0.25, 0.3) is 11.0 Å². The molecule has 0 unspecified atom stereocenters. The minimum absolute atomic E-state index is 0. The van der Waals surface area contributed by atoms with E-state index in [4.69, 9.17) is 0 Å². The number of hydrogen-bond acceptors (Lipinski definition) is 4. The minimum atomic E-state index is -0.218. The number of fused-ring (bicyclic) bond motifs is 2. The average molecular weight is 363 g/mol. The molecule has 0 fully saturated rings. The van der Waals surface area contributed by atoms with Gasteiger partial charge in [-0.25, -0.2) is 4.79 Å².